The predicted octanol–water partition coefficient (Wildman–Crippen LogP) is 2.13. The molecular formula is C14H15ClN4O. The van der Waals surface area contributed by atoms with Gasteiger partial charge in [0.2, 0.25) is 0 Å². The van der Waals surface area contributed by atoms with Crippen molar-refractivity contribution in [3.63, 3.8) is 0 Å². The lowest BCUT2D eigenvalue weighted by Crippen LogP contribution is -2.24. The number of aromatic nitrogens is 2. The molecule has 5 nitrogen and oxygen atoms in total. The average molecular weight is 291 g/mol. The Kier molecular flexibility index (Phi) is 4.53. The summed E-state index contributed by atoms with van der Waals surface area (Å²) in [4.78, 5) is 22.3. The van der Waals surface area contributed by atoms with Gasteiger partial charge in [0, 0.05) is 20.3 Å². The zero-order valence-electron chi connectivity index (χ0n) is 11.3. The molecule has 0 aliphatic carbocycles. The standard InChI is InChI=1S/C14H15ClN4O/c1-19(2)13-7-8-16-12(18-13)9-17-14(20)10-5-3-4-6-11(10)15/h3-8H,9H2,1-2H3,(H,17,20). The van der Waals surface area contributed by atoms with Gasteiger partial charge in [-0.15, -0.1) is 0 Å². The van der Waals surface area contributed by atoms with E-state index in [0.717, 1.165) is 5.82 Å². The van der Waals surface area contributed by atoms with Crippen molar-refractivity contribution in [2.45, 2.75) is 6.54 Å². The molecular weight excluding hydrogens is 276 g/mol. The number of rotatable bonds is 4. The van der Waals surface area contributed by atoms with Crippen LogP contribution in [0.3, 0.4) is 0 Å². The van der Waals surface area contributed by atoms with Crippen molar-refractivity contribution in [2.24, 2.45) is 0 Å². The van der Waals surface area contributed by atoms with Crippen molar-refractivity contribution in [1.82, 2.24) is 15.3 Å². The van der Waals surface area contributed by atoms with Crippen LogP contribution in [0.4, 0.5) is 5.82 Å². The van der Waals surface area contributed by atoms with Gasteiger partial charge in [-0.25, -0.2) is 9.97 Å². The molecule has 2 aromatic rings. The maximum Gasteiger partial charge on any atom is 0.253 e. The summed E-state index contributed by atoms with van der Waals surface area (Å²) >= 11 is 5.97. The molecule has 0 fully saturated rings. The number of hydrogen-bond acceptors (Lipinski definition) is 4. The summed E-state index contributed by atoms with van der Waals surface area (Å²) in [6, 6.07) is 8.71. The van der Waals surface area contributed by atoms with Crippen LogP contribution in [0.25, 0.3) is 0 Å². The second-order valence-electron chi connectivity index (χ2n) is 4.39. The Morgan fingerprint density at radius 2 is 2.05 bits per heavy atom. The van der Waals surface area contributed by atoms with Gasteiger partial charge in [-0.05, 0) is 18.2 Å². The number of hydrogen-bond donors (Lipinski definition) is 1. The third-order valence-corrected chi connectivity index (χ3v) is 3.00. The van der Waals surface area contributed by atoms with Gasteiger partial charge in [-0.2, -0.15) is 0 Å². The number of benzene rings is 1. The van der Waals surface area contributed by atoms with Gasteiger partial charge in [0.05, 0.1) is 17.1 Å². The van der Waals surface area contributed by atoms with Gasteiger partial charge in [-0.3, -0.25) is 4.79 Å². The van der Waals surface area contributed by atoms with Crippen LogP contribution in [0.5, 0.6) is 0 Å². The van der Waals surface area contributed by atoms with Crippen LogP contribution in [0.15, 0.2) is 36.5 Å². The molecule has 0 bridgehead atoms. The van der Waals surface area contributed by atoms with Crippen LogP contribution in [0.2, 0.25) is 5.02 Å². The van der Waals surface area contributed by atoms with Crippen LogP contribution in [0, 0.1) is 0 Å². The predicted molar refractivity (Wildman–Crippen MR) is 79.0 cm³/mol. The number of halogens is 1. The van der Waals surface area contributed by atoms with E-state index in [1.165, 1.54) is 0 Å². The summed E-state index contributed by atoms with van der Waals surface area (Å²) in [5.41, 5.74) is 0.443. The minimum Gasteiger partial charge on any atom is -0.363 e. The zero-order valence-corrected chi connectivity index (χ0v) is 12.1. The van der Waals surface area contributed by atoms with Crippen LogP contribution in [0.1, 0.15) is 16.2 Å². The van der Waals surface area contributed by atoms with E-state index in [0.29, 0.717) is 16.4 Å². The molecule has 1 heterocycles. The Labute approximate surface area is 122 Å². The third kappa shape index (κ3) is 3.45. The Balaban J connectivity index is 2.04. The first-order valence-electron chi connectivity index (χ1n) is 6.10. The van der Waals surface area contributed by atoms with E-state index < -0.39 is 0 Å². The molecule has 1 amide bonds. The topological polar surface area (TPSA) is 58.1 Å². The highest BCUT2D eigenvalue weighted by Crippen LogP contribution is 2.14. The first-order valence-corrected chi connectivity index (χ1v) is 6.47. The Hall–Kier alpha value is -2.14. The van der Waals surface area contributed by atoms with Gasteiger partial charge in [0.15, 0.2) is 0 Å². The lowest BCUT2D eigenvalue weighted by atomic mass is 10.2. The van der Waals surface area contributed by atoms with Crippen molar-refractivity contribution in [2.75, 3.05) is 19.0 Å². The SMILES string of the molecule is CN(C)c1ccnc(CNC(=O)c2ccccc2Cl)n1. The van der Waals surface area contributed by atoms with Crippen LogP contribution >= 0.6 is 11.6 Å². The van der Waals surface area contributed by atoms with Crippen LogP contribution in [-0.4, -0.2) is 30.0 Å². The van der Waals surface area contributed by atoms with E-state index in [9.17, 15) is 4.79 Å². The third-order valence-electron chi connectivity index (χ3n) is 2.67. The Morgan fingerprint density at radius 1 is 1.30 bits per heavy atom. The van der Waals surface area contributed by atoms with Crippen molar-refractivity contribution in [3.05, 3.63) is 52.9 Å². The largest absolute Gasteiger partial charge is 0.363 e. The van der Waals surface area contributed by atoms with Crippen molar-refractivity contribution in [1.29, 1.82) is 0 Å². The van der Waals surface area contributed by atoms with E-state index in [4.69, 9.17) is 11.6 Å². The smallest absolute Gasteiger partial charge is 0.253 e. The number of amides is 1. The number of carbonyl (C=O) groups excluding carboxylic acids is 1. The molecule has 2 rings (SSSR count). The fraction of sp³-hybridized carbons (Fsp3) is 0.214. The van der Waals surface area contributed by atoms with E-state index in [2.05, 4.69) is 15.3 Å². The van der Waals surface area contributed by atoms with E-state index in [1.54, 1.807) is 36.5 Å². The van der Waals surface area contributed by atoms with E-state index in [-0.39, 0.29) is 12.5 Å². The maximum atomic E-state index is 12.0. The number of anilines is 1. The molecule has 20 heavy (non-hydrogen) atoms. The van der Waals surface area contributed by atoms with Crippen LogP contribution < -0.4 is 10.2 Å². The maximum absolute atomic E-state index is 12.0. The molecule has 1 N–H and O–H groups in total. The Bertz CT molecular complexity index is 616. The average Bonchev–Trinajstić information content (AvgIpc) is 2.45. The monoisotopic (exact) mass is 290 g/mol. The molecule has 0 atom stereocenters. The first-order chi connectivity index (χ1) is 9.58. The van der Waals surface area contributed by atoms with Crippen molar-refractivity contribution >= 4 is 23.3 Å². The highest BCUT2D eigenvalue weighted by molar-refractivity contribution is 6.33. The number of carbonyl (C=O) groups is 1. The van der Waals surface area contributed by atoms with Gasteiger partial charge in [0.25, 0.3) is 5.91 Å². The molecule has 0 aliphatic heterocycles. The normalized spacial score (nSPS) is 10.2. The summed E-state index contributed by atoms with van der Waals surface area (Å²) in [5.74, 6) is 1.10. The fourth-order valence-corrected chi connectivity index (χ4v) is 1.84. The second kappa shape index (κ2) is 6.34. The summed E-state index contributed by atoms with van der Waals surface area (Å²) in [6.07, 6.45) is 1.67. The van der Waals surface area contributed by atoms with E-state index >= 15 is 0 Å². The first kappa shape index (κ1) is 14.3. The minimum absolute atomic E-state index is 0.241. The molecule has 6 heteroatoms. The molecule has 1 aromatic carbocycles. The highest BCUT2D eigenvalue weighted by Gasteiger charge is 2.10. The number of nitrogens with one attached hydrogen (secondary N) is 1. The molecule has 0 saturated heterocycles. The van der Waals surface area contributed by atoms with Crippen LogP contribution in [-0.2, 0) is 6.54 Å². The minimum atomic E-state index is -0.241. The molecule has 1 aromatic heterocycles. The molecule has 0 aliphatic rings. The van der Waals surface area contributed by atoms with Crippen molar-refractivity contribution in [3.8, 4) is 0 Å². The molecule has 0 saturated carbocycles. The summed E-state index contributed by atoms with van der Waals surface area (Å²) in [5, 5.41) is 3.18. The van der Waals surface area contributed by atoms with Gasteiger partial charge in [-0.1, -0.05) is 23.7 Å². The van der Waals surface area contributed by atoms with Gasteiger partial charge < -0.3 is 10.2 Å². The molecule has 0 radical (unpaired) electrons. The number of nitrogens with zero attached hydrogens (tertiary/aromatic N) is 3. The van der Waals surface area contributed by atoms with Gasteiger partial charge in [0.1, 0.15) is 11.6 Å². The quantitative estimate of drug-likeness (QED) is 0.937. The fourth-order valence-electron chi connectivity index (χ4n) is 1.62. The zero-order chi connectivity index (χ0) is 14.5. The Morgan fingerprint density at radius 3 is 2.75 bits per heavy atom. The summed E-state index contributed by atoms with van der Waals surface area (Å²) in [7, 11) is 3.79. The van der Waals surface area contributed by atoms with Crippen molar-refractivity contribution < 1.29 is 4.79 Å². The lowest BCUT2D eigenvalue weighted by Gasteiger charge is -2.12. The molecule has 104 valence electrons. The second-order valence-corrected chi connectivity index (χ2v) is 4.80. The summed E-state index contributed by atoms with van der Waals surface area (Å²) in [6.45, 7) is 0.256. The highest BCUT2D eigenvalue weighted by atomic mass is 35.5. The molecule has 0 spiro atoms. The molecule has 0 unspecified atom stereocenters. The summed E-state index contributed by atoms with van der Waals surface area (Å²) < 4.78 is 0. The van der Waals surface area contributed by atoms with E-state index in [1.807, 2.05) is 19.0 Å². The lowest BCUT2D eigenvalue weighted by molar-refractivity contribution is 0.0950. The van der Waals surface area contributed by atoms with Gasteiger partial charge >= 0.3 is 0 Å².